The van der Waals surface area contributed by atoms with Gasteiger partial charge in [-0.2, -0.15) is 0 Å². The lowest BCUT2D eigenvalue weighted by atomic mass is 9.96. The normalized spacial score (nSPS) is 16.6. The minimum Gasteiger partial charge on any atom is -0.473 e. The zero-order chi connectivity index (χ0) is 21.7. The van der Waals surface area contributed by atoms with E-state index < -0.39 is 0 Å². The van der Waals surface area contributed by atoms with Gasteiger partial charge in [0.05, 0.1) is 17.4 Å². The van der Waals surface area contributed by atoms with Crippen molar-refractivity contribution in [1.29, 1.82) is 0 Å². The number of likely N-dealkylation sites (tertiary alicyclic amines) is 1. The van der Waals surface area contributed by atoms with E-state index in [1.165, 1.54) is 0 Å². The molecular formula is C21H29N5O4. The molecule has 1 saturated heterocycles. The molecule has 1 N–H and O–H groups in total. The van der Waals surface area contributed by atoms with Gasteiger partial charge in [-0.15, -0.1) is 0 Å². The highest BCUT2D eigenvalue weighted by atomic mass is 16.5. The Morgan fingerprint density at radius 3 is 2.90 bits per heavy atom. The molecule has 9 heteroatoms. The Labute approximate surface area is 176 Å². The standard InChI is InChI=1S/C21H29N5O4/c1-13(2)29-18-10-16(30-25-18)7-8-19(27)26-9-5-6-15(12-26)20-23-11-17(14(3)24-20)21(28)22-4/h10-11,13,15H,5-9,12H2,1-4H3,(H,22,28)/t15-/m0/s1. The van der Waals surface area contributed by atoms with Gasteiger partial charge in [0.25, 0.3) is 11.8 Å². The summed E-state index contributed by atoms with van der Waals surface area (Å²) < 4.78 is 10.7. The number of hydrogen-bond acceptors (Lipinski definition) is 7. The zero-order valence-electron chi connectivity index (χ0n) is 18.0. The maximum atomic E-state index is 12.7. The van der Waals surface area contributed by atoms with Crippen molar-refractivity contribution in [2.45, 2.75) is 58.5 Å². The van der Waals surface area contributed by atoms with E-state index in [-0.39, 0.29) is 23.8 Å². The second-order valence-electron chi connectivity index (χ2n) is 7.78. The average molecular weight is 415 g/mol. The van der Waals surface area contributed by atoms with Gasteiger partial charge in [-0.1, -0.05) is 0 Å². The van der Waals surface area contributed by atoms with Crippen LogP contribution in [-0.2, 0) is 11.2 Å². The first kappa shape index (κ1) is 21.7. The van der Waals surface area contributed by atoms with Crippen molar-refractivity contribution < 1.29 is 18.8 Å². The molecule has 1 aliphatic rings. The zero-order valence-corrected chi connectivity index (χ0v) is 18.0. The fourth-order valence-corrected chi connectivity index (χ4v) is 3.55. The molecule has 0 aliphatic carbocycles. The van der Waals surface area contributed by atoms with Gasteiger partial charge in [-0.25, -0.2) is 9.97 Å². The summed E-state index contributed by atoms with van der Waals surface area (Å²) in [7, 11) is 1.58. The first-order valence-electron chi connectivity index (χ1n) is 10.3. The van der Waals surface area contributed by atoms with Crippen LogP contribution in [0.2, 0.25) is 0 Å². The Kier molecular flexibility index (Phi) is 7.02. The van der Waals surface area contributed by atoms with Crippen molar-refractivity contribution in [1.82, 2.24) is 25.3 Å². The fraction of sp³-hybridized carbons (Fsp3) is 0.571. The van der Waals surface area contributed by atoms with Crippen LogP contribution in [0.15, 0.2) is 16.8 Å². The lowest BCUT2D eigenvalue weighted by molar-refractivity contribution is -0.132. The predicted octanol–water partition coefficient (Wildman–Crippen LogP) is 2.26. The van der Waals surface area contributed by atoms with Crippen LogP contribution < -0.4 is 10.1 Å². The molecule has 30 heavy (non-hydrogen) atoms. The maximum Gasteiger partial charge on any atom is 0.254 e. The fourth-order valence-electron chi connectivity index (χ4n) is 3.55. The molecule has 0 saturated carbocycles. The van der Waals surface area contributed by atoms with Gasteiger partial charge in [0, 0.05) is 51.2 Å². The van der Waals surface area contributed by atoms with Crippen LogP contribution in [0.5, 0.6) is 5.88 Å². The molecule has 0 spiro atoms. The number of nitrogens with zero attached hydrogens (tertiary/aromatic N) is 4. The molecule has 0 radical (unpaired) electrons. The summed E-state index contributed by atoms with van der Waals surface area (Å²) >= 11 is 0. The Morgan fingerprint density at radius 2 is 2.20 bits per heavy atom. The van der Waals surface area contributed by atoms with Crippen molar-refractivity contribution in [3.8, 4) is 5.88 Å². The number of piperidine rings is 1. The number of ether oxygens (including phenoxy) is 1. The highest BCUT2D eigenvalue weighted by molar-refractivity contribution is 5.94. The Balaban J connectivity index is 1.57. The summed E-state index contributed by atoms with van der Waals surface area (Å²) in [6.07, 6.45) is 4.22. The highest BCUT2D eigenvalue weighted by Crippen LogP contribution is 2.26. The van der Waals surface area contributed by atoms with Crippen molar-refractivity contribution in [2.75, 3.05) is 20.1 Å². The maximum absolute atomic E-state index is 12.7. The second kappa shape index (κ2) is 9.69. The summed E-state index contributed by atoms with van der Waals surface area (Å²) in [6.45, 7) is 6.94. The lowest BCUT2D eigenvalue weighted by Gasteiger charge is -2.32. The molecule has 0 bridgehead atoms. The molecule has 3 heterocycles. The summed E-state index contributed by atoms with van der Waals surface area (Å²) in [6, 6.07) is 1.73. The van der Waals surface area contributed by atoms with Crippen LogP contribution in [0.25, 0.3) is 0 Å². The van der Waals surface area contributed by atoms with Crippen LogP contribution in [0.1, 0.15) is 66.7 Å². The van der Waals surface area contributed by atoms with Crippen LogP contribution >= 0.6 is 0 Å². The van der Waals surface area contributed by atoms with Gasteiger partial charge in [-0.05, 0) is 38.8 Å². The third kappa shape index (κ3) is 5.34. The van der Waals surface area contributed by atoms with Crippen molar-refractivity contribution >= 4 is 11.8 Å². The predicted molar refractivity (Wildman–Crippen MR) is 109 cm³/mol. The first-order chi connectivity index (χ1) is 14.4. The minimum atomic E-state index is -0.200. The Morgan fingerprint density at radius 1 is 1.40 bits per heavy atom. The van der Waals surface area contributed by atoms with Crippen LogP contribution in [0.3, 0.4) is 0 Å². The van der Waals surface area contributed by atoms with E-state index in [1.54, 1.807) is 26.2 Å². The Hall–Kier alpha value is -2.97. The third-order valence-electron chi connectivity index (χ3n) is 5.09. The minimum absolute atomic E-state index is 0.0196. The van der Waals surface area contributed by atoms with Crippen LogP contribution in [-0.4, -0.2) is 58.1 Å². The van der Waals surface area contributed by atoms with E-state index in [9.17, 15) is 9.59 Å². The quantitative estimate of drug-likeness (QED) is 0.738. The van der Waals surface area contributed by atoms with Gasteiger partial charge < -0.3 is 19.5 Å². The number of carbonyl (C=O) groups excluding carboxylic acids is 2. The molecular weight excluding hydrogens is 386 g/mol. The van der Waals surface area contributed by atoms with Crippen LogP contribution in [0.4, 0.5) is 0 Å². The molecule has 162 valence electrons. The molecule has 2 amide bonds. The highest BCUT2D eigenvalue weighted by Gasteiger charge is 2.27. The summed E-state index contributed by atoms with van der Waals surface area (Å²) in [5.74, 6) is 1.70. The monoisotopic (exact) mass is 415 g/mol. The Bertz CT molecular complexity index is 895. The average Bonchev–Trinajstić information content (AvgIpc) is 3.18. The molecule has 2 aromatic heterocycles. The second-order valence-corrected chi connectivity index (χ2v) is 7.78. The number of aromatic nitrogens is 3. The number of amides is 2. The van der Waals surface area contributed by atoms with Gasteiger partial charge in [-0.3, -0.25) is 9.59 Å². The molecule has 2 aromatic rings. The SMILES string of the molecule is CNC(=O)c1cnc([C@H]2CCCN(C(=O)CCc3cc(OC(C)C)no3)C2)nc1C. The molecule has 0 aromatic carbocycles. The largest absolute Gasteiger partial charge is 0.473 e. The van der Waals surface area contributed by atoms with E-state index in [0.29, 0.717) is 48.1 Å². The third-order valence-corrected chi connectivity index (χ3v) is 5.09. The van der Waals surface area contributed by atoms with E-state index in [1.807, 2.05) is 18.7 Å². The molecule has 0 unspecified atom stereocenters. The molecule has 3 rings (SSSR count). The van der Waals surface area contributed by atoms with E-state index in [4.69, 9.17) is 9.26 Å². The molecule has 1 fully saturated rings. The van der Waals surface area contributed by atoms with Crippen LogP contribution in [0, 0.1) is 6.92 Å². The van der Waals surface area contributed by atoms with E-state index in [2.05, 4.69) is 20.4 Å². The number of hydrogen-bond donors (Lipinski definition) is 1. The van der Waals surface area contributed by atoms with Gasteiger partial charge in [0.1, 0.15) is 11.6 Å². The van der Waals surface area contributed by atoms with Crippen molar-refractivity contribution in [3.63, 3.8) is 0 Å². The van der Waals surface area contributed by atoms with Gasteiger partial charge in [0.15, 0.2) is 0 Å². The van der Waals surface area contributed by atoms with Crippen molar-refractivity contribution in [3.05, 3.63) is 35.1 Å². The number of rotatable bonds is 7. The van der Waals surface area contributed by atoms with Crippen molar-refractivity contribution in [2.24, 2.45) is 0 Å². The van der Waals surface area contributed by atoms with E-state index in [0.717, 1.165) is 19.4 Å². The van der Waals surface area contributed by atoms with Gasteiger partial charge in [0.2, 0.25) is 5.91 Å². The molecule has 9 nitrogen and oxygen atoms in total. The topological polar surface area (TPSA) is 110 Å². The van der Waals surface area contributed by atoms with E-state index >= 15 is 0 Å². The molecule has 1 atom stereocenters. The summed E-state index contributed by atoms with van der Waals surface area (Å²) in [5.41, 5.74) is 1.12. The summed E-state index contributed by atoms with van der Waals surface area (Å²) in [4.78, 5) is 35.4. The first-order valence-corrected chi connectivity index (χ1v) is 10.3. The summed E-state index contributed by atoms with van der Waals surface area (Å²) in [5, 5.41) is 6.45. The lowest BCUT2D eigenvalue weighted by Crippen LogP contribution is -2.39. The van der Waals surface area contributed by atoms with Gasteiger partial charge >= 0.3 is 0 Å². The number of nitrogens with one attached hydrogen (secondary N) is 1. The smallest absolute Gasteiger partial charge is 0.254 e. The number of aryl methyl sites for hydroxylation is 2. The number of carbonyl (C=O) groups is 2. The molecule has 1 aliphatic heterocycles.